The zero-order valence-corrected chi connectivity index (χ0v) is 19.3. The largest absolute Gasteiger partial charge is 1.00 e. The second kappa shape index (κ2) is 9.73. The minimum atomic E-state index is -0.374. The number of fused-ring (bicyclic) bond motifs is 3. The van der Waals surface area contributed by atoms with E-state index in [9.17, 15) is 4.39 Å². The summed E-state index contributed by atoms with van der Waals surface area (Å²) in [5.41, 5.74) is 5.70. The Morgan fingerprint density at radius 3 is 2.64 bits per heavy atom. The normalized spacial score (nSPS) is 14.9. The minimum absolute atomic E-state index is 0. The van der Waals surface area contributed by atoms with Crippen LogP contribution in [0.4, 0.5) is 4.39 Å². The number of ether oxygens (including phenoxy) is 3. The first-order valence-electron chi connectivity index (χ1n) is 10.7. The number of nitrogens with one attached hydrogen (secondary N) is 1. The summed E-state index contributed by atoms with van der Waals surface area (Å²) in [6.07, 6.45) is 0.998. The summed E-state index contributed by atoms with van der Waals surface area (Å²) in [5.74, 6) is 1.45. The Morgan fingerprint density at radius 1 is 1.00 bits per heavy atom. The molecule has 2 heterocycles. The highest BCUT2D eigenvalue weighted by Gasteiger charge is 2.29. The molecule has 0 fully saturated rings. The predicted molar refractivity (Wildman–Crippen MR) is 121 cm³/mol. The molecule has 33 heavy (non-hydrogen) atoms. The summed E-state index contributed by atoms with van der Waals surface area (Å²) in [7, 11) is 3.33. The van der Waals surface area contributed by atoms with Crippen molar-refractivity contribution in [2.45, 2.75) is 19.1 Å². The standard InChI is InChI=1S/C26H25FN2O3.ClH/c1-30-18-8-9-22-20(14-18)19-11-12-28-25(26(19)29-22)16-7-10-23(31-2)17(13-16)15-32-24-6-4-3-5-21(24)27;/h3-10,13-14,25,28-29H,11-12,15H2,1-2H3;1H. The van der Waals surface area contributed by atoms with Crippen LogP contribution in [0, 0.1) is 5.82 Å². The topological polar surface area (TPSA) is 60.1 Å². The van der Waals surface area contributed by atoms with Gasteiger partial charge in [0, 0.05) is 28.5 Å². The summed E-state index contributed by atoms with van der Waals surface area (Å²) in [6, 6.07) is 18.9. The summed E-state index contributed by atoms with van der Waals surface area (Å²) >= 11 is 0. The lowest BCUT2D eigenvalue weighted by molar-refractivity contribution is -0.690. The number of hydrogen-bond acceptors (Lipinski definition) is 3. The molecule has 1 atom stereocenters. The fourth-order valence-corrected chi connectivity index (χ4v) is 4.55. The maximum absolute atomic E-state index is 14.0. The van der Waals surface area contributed by atoms with Crippen LogP contribution in [0.5, 0.6) is 17.2 Å². The van der Waals surface area contributed by atoms with Crippen molar-refractivity contribution in [3.05, 3.63) is 88.9 Å². The first kappa shape index (κ1) is 23.0. The third-order valence-corrected chi connectivity index (χ3v) is 6.14. The molecule has 1 unspecified atom stereocenters. The molecule has 1 aliphatic heterocycles. The summed E-state index contributed by atoms with van der Waals surface area (Å²) in [5, 5.41) is 3.56. The Labute approximate surface area is 198 Å². The number of benzene rings is 3. The average molecular weight is 469 g/mol. The monoisotopic (exact) mass is 468 g/mol. The van der Waals surface area contributed by atoms with Crippen LogP contribution < -0.4 is 31.9 Å². The van der Waals surface area contributed by atoms with Gasteiger partial charge < -0.3 is 36.9 Å². The molecule has 172 valence electrons. The molecule has 0 bridgehead atoms. The lowest BCUT2D eigenvalue weighted by atomic mass is 9.93. The molecule has 0 saturated carbocycles. The highest BCUT2D eigenvalue weighted by molar-refractivity contribution is 5.86. The van der Waals surface area contributed by atoms with Crippen LogP contribution in [-0.4, -0.2) is 25.7 Å². The molecular formula is C26H26ClFN2O3. The lowest BCUT2D eigenvalue weighted by Crippen LogP contribution is -3.00. The second-order valence-electron chi connectivity index (χ2n) is 7.97. The first-order valence-corrected chi connectivity index (χ1v) is 10.7. The van der Waals surface area contributed by atoms with E-state index in [1.807, 2.05) is 12.1 Å². The van der Waals surface area contributed by atoms with E-state index in [0.29, 0.717) is 0 Å². The third kappa shape index (κ3) is 4.36. The quantitative estimate of drug-likeness (QED) is 0.446. The fraction of sp³-hybridized carbons (Fsp3) is 0.231. The first-order chi connectivity index (χ1) is 15.7. The van der Waals surface area contributed by atoms with Crippen LogP contribution >= 0.6 is 0 Å². The van der Waals surface area contributed by atoms with Crippen molar-refractivity contribution in [1.82, 2.24) is 4.98 Å². The number of para-hydroxylation sites is 1. The Hall–Kier alpha value is -3.22. The SMILES string of the molecule is COc1ccc2[nH]c3c(c2c1)CC[NH2+]C3c1ccc(OC)c(COc2ccccc2F)c1.[Cl-]. The highest BCUT2D eigenvalue weighted by Crippen LogP contribution is 2.34. The van der Waals surface area contributed by atoms with Crippen molar-refractivity contribution in [3.8, 4) is 17.2 Å². The molecule has 3 N–H and O–H groups in total. The van der Waals surface area contributed by atoms with Crippen LogP contribution in [0.25, 0.3) is 10.9 Å². The van der Waals surface area contributed by atoms with Crippen molar-refractivity contribution in [2.75, 3.05) is 20.8 Å². The van der Waals surface area contributed by atoms with Crippen LogP contribution in [0.2, 0.25) is 0 Å². The predicted octanol–water partition coefficient (Wildman–Crippen LogP) is 1.12. The molecule has 1 aliphatic rings. The number of H-pyrrole nitrogens is 1. The summed E-state index contributed by atoms with van der Waals surface area (Å²) in [4.78, 5) is 3.63. The highest BCUT2D eigenvalue weighted by atomic mass is 35.5. The van der Waals surface area contributed by atoms with Gasteiger partial charge in [-0.25, -0.2) is 4.39 Å². The van der Waals surface area contributed by atoms with Gasteiger partial charge in [-0.05, 0) is 54.1 Å². The van der Waals surface area contributed by atoms with Crippen LogP contribution in [0.1, 0.15) is 28.4 Å². The Kier molecular flexibility index (Phi) is 6.77. The van der Waals surface area contributed by atoms with E-state index in [4.69, 9.17) is 14.2 Å². The zero-order valence-electron chi connectivity index (χ0n) is 18.5. The zero-order chi connectivity index (χ0) is 22.1. The maximum atomic E-state index is 14.0. The summed E-state index contributed by atoms with van der Waals surface area (Å²) in [6.45, 7) is 1.22. The lowest BCUT2D eigenvalue weighted by Gasteiger charge is -2.22. The van der Waals surface area contributed by atoms with Gasteiger partial charge in [-0.15, -0.1) is 0 Å². The molecule has 5 rings (SSSR count). The van der Waals surface area contributed by atoms with Crippen LogP contribution in [-0.2, 0) is 13.0 Å². The number of aromatic amines is 1. The smallest absolute Gasteiger partial charge is 0.165 e. The number of nitrogens with two attached hydrogens (primary N) is 1. The molecule has 5 nitrogen and oxygen atoms in total. The number of methoxy groups -OCH3 is 2. The fourth-order valence-electron chi connectivity index (χ4n) is 4.55. The van der Waals surface area contributed by atoms with Gasteiger partial charge in [0.2, 0.25) is 0 Å². The van der Waals surface area contributed by atoms with E-state index in [-0.39, 0.29) is 36.6 Å². The van der Waals surface area contributed by atoms with E-state index >= 15 is 0 Å². The van der Waals surface area contributed by atoms with Gasteiger partial charge in [0.25, 0.3) is 0 Å². The Morgan fingerprint density at radius 2 is 1.85 bits per heavy atom. The van der Waals surface area contributed by atoms with Gasteiger partial charge in [-0.3, -0.25) is 0 Å². The number of aromatic nitrogens is 1. The summed E-state index contributed by atoms with van der Waals surface area (Å²) < 4.78 is 30.7. The van der Waals surface area contributed by atoms with Gasteiger partial charge in [0.1, 0.15) is 18.1 Å². The second-order valence-corrected chi connectivity index (χ2v) is 7.97. The van der Waals surface area contributed by atoms with E-state index in [1.54, 1.807) is 32.4 Å². The number of quaternary nitrogens is 1. The molecule has 1 aromatic heterocycles. The molecule has 3 aromatic carbocycles. The number of hydrogen-bond donors (Lipinski definition) is 2. The maximum Gasteiger partial charge on any atom is 0.165 e. The molecule has 4 aromatic rings. The average Bonchev–Trinajstić information content (AvgIpc) is 3.21. The molecule has 0 aliphatic carbocycles. The van der Waals surface area contributed by atoms with E-state index in [2.05, 4.69) is 34.6 Å². The Balaban J connectivity index is 0.00000259. The third-order valence-electron chi connectivity index (χ3n) is 6.14. The van der Waals surface area contributed by atoms with Gasteiger partial charge >= 0.3 is 0 Å². The van der Waals surface area contributed by atoms with E-state index in [0.717, 1.165) is 41.1 Å². The van der Waals surface area contributed by atoms with Crippen molar-refractivity contribution in [2.24, 2.45) is 0 Å². The molecule has 0 amide bonds. The van der Waals surface area contributed by atoms with Crippen molar-refractivity contribution >= 4 is 10.9 Å². The van der Waals surface area contributed by atoms with Crippen LogP contribution in [0.3, 0.4) is 0 Å². The molecule has 0 radical (unpaired) electrons. The van der Waals surface area contributed by atoms with Crippen molar-refractivity contribution < 1.29 is 36.3 Å². The molecule has 0 spiro atoms. The van der Waals surface area contributed by atoms with E-state index in [1.165, 1.54) is 22.7 Å². The molecule has 7 heteroatoms. The number of rotatable bonds is 6. The van der Waals surface area contributed by atoms with Gasteiger partial charge in [-0.1, -0.05) is 12.1 Å². The van der Waals surface area contributed by atoms with Crippen LogP contribution in [0.15, 0.2) is 60.7 Å². The molecular weight excluding hydrogens is 443 g/mol. The van der Waals surface area contributed by atoms with Gasteiger partial charge in [0.05, 0.1) is 26.5 Å². The van der Waals surface area contributed by atoms with Crippen molar-refractivity contribution in [1.29, 1.82) is 0 Å². The van der Waals surface area contributed by atoms with E-state index < -0.39 is 0 Å². The number of halogens is 2. The Bertz CT molecular complexity index is 1270. The van der Waals surface area contributed by atoms with Crippen molar-refractivity contribution in [3.63, 3.8) is 0 Å². The minimum Gasteiger partial charge on any atom is -1.00 e. The van der Waals surface area contributed by atoms with Gasteiger partial charge in [0.15, 0.2) is 17.6 Å². The van der Waals surface area contributed by atoms with Gasteiger partial charge in [-0.2, -0.15) is 0 Å². The molecule has 0 saturated heterocycles.